The lowest BCUT2D eigenvalue weighted by atomic mass is 10.1. The maximum Gasteiger partial charge on any atom is 0.256 e. The molecule has 0 radical (unpaired) electrons. The number of nitrogens with one attached hydrogen (secondary N) is 1. The van der Waals surface area contributed by atoms with Gasteiger partial charge in [-0.3, -0.25) is 4.79 Å². The second-order valence-corrected chi connectivity index (χ2v) is 6.79. The molecule has 0 spiro atoms. The van der Waals surface area contributed by atoms with Gasteiger partial charge in [0.2, 0.25) is 5.16 Å². The molecule has 1 saturated carbocycles. The monoisotopic (exact) mass is 327 g/mol. The highest BCUT2D eigenvalue weighted by Gasteiger charge is 2.21. The number of benzene rings is 1. The van der Waals surface area contributed by atoms with Gasteiger partial charge in [0.15, 0.2) is 0 Å². The van der Waals surface area contributed by atoms with Crippen LogP contribution in [0.4, 0.5) is 0 Å². The molecule has 23 heavy (non-hydrogen) atoms. The van der Waals surface area contributed by atoms with E-state index in [0.29, 0.717) is 11.8 Å². The molecule has 3 aromatic rings. The number of hydrogen-bond donors (Lipinski definition) is 1. The quantitative estimate of drug-likeness (QED) is 0.746. The Labute approximate surface area is 137 Å². The molecule has 1 aliphatic carbocycles. The zero-order chi connectivity index (χ0) is 15.6. The van der Waals surface area contributed by atoms with Crippen molar-refractivity contribution in [3.63, 3.8) is 0 Å². The third kappa shape index (κ3) is 2.88. The molecule has 7 heteroatoms. The first-order valence-corrected chi connectivity index (χ1v) is 8.81. The Hall–Kier alpha value is -2.15. The smallest absolute Gasteiger partial charge is 0.256 e. The highest BCUT2D eigenvalue weighted by atomic mass is 32.2. The number of pyridine rings is 1. The fourth-order valence-electron chi connectivity index (χ4n) is 3.15. The van der Waals surface area contributed by atoms with Gasteiger partial charge >= 0.3 is 0 Å². The van der Waals surface area contributed by atoms with E-state index in [9.17, 15) is 4.79 Å². The Bertz CT molecular complexity index is 881. The maximum absolute atomic E-state index is 12.1. The molecule has 1 fully saturated rings. The van der Waals surface area contributed by atoms with Crippen LogP contribution in [0.1, 0.15) is 37.4 Å². The molecule has 118 valence electrons. The first-order chi connectivity index (χ1) is 11.3. The van der Waals surface area contributed by atoms with Crippen LogP contribution in [0.2, 0.25) is 0 Å². The van der Waals surface area contributed by atoms with Crippen molar-refractivity contribution in [2.45, 2.75) is 42.6 Å². The van der Waals surface area contributed by atoms with Crippen molar-refractivity contribution in [3.05, 3.63) is 46.4 Å². The zero-order valence-corrected chi connectivity index (χ0v) is 13.4. The lowest BCUT2D eigenvalue weighted by Gasteiger charge is -2.10. The number of tetrazole rings is 1. The summed E-state index contributed by atoms with van der Waals surface area (Å²) < 4.78 is 1.94. The van der Waals surface area contributed by atoms with Crippen LogP contribution in [-0.4, -0.2) is 25.2 Å². The first-order valence-electron chi connectivity index (χ1n) is 7.83. The van der Waals surface area contributed by atoms with Gasteiger partial charge in [0.25, 0.3) is 5.56 Å². The summed E-state index contributed by atoms with van der Waals surface area (Å²) in [7, 11) is 0. The minimum Gasteiger partial charge on any atom is -0.325 e. The molecule has 0 unspecified atom stereocenters. The summed E-state index contributed by atoms with van der Waals surface area (Å²) in [5.74, 6) is 0.646. The normalized spacial score (nSPS) is 15.5. The Morgan fingerprint density at radius 1 is 1.26 bits per heavy atom. The number of H-pyrrole nitrogens is 1. The Balaban J connectivity index is 1.56. The zero-order valence-electron chi connectivity index (χ0n) is 12.6. The molecule has 0 atom stereocenters. The fourth-order valence-corrected chi connectivity index (χ4v) is 4.00. The van der Waals surface area contributed by atoms with E-state index in [1.165, 1.54) is 12.8 Å². The Kier molecular flexibility index (Phi) is 3.87. The predicted molar refractivity (Wildman–Crippen MR) is 89.5 cm³/mol. The first kappa shape index (κ1) is 14.4. The summed E-state index contributed by atoms with van der Waals surface area (Å²) in [5.41, 5.74) is 0.841. The van der Waals surface area contributed by atoms with Crippen molar-refractivity contribution in [1.82, 2.24) is 25.2 Å². The van der Waals surface area contributed by atoms with E-state index < -0.39 is 0 Å². The summed E-state index contributed by atoms with van der Waals surface area (Å²) in [5, 5.41) is 14.6. The molecular weight excluding hydrogens is 310 g/mol. The molecule has 0 bridgehead atoms. The number of thioether (sulfide) groups is 1. The minimum absolute atomic E-state index is 0.0471. The van der Waals surface area contributed by atoms with E-state index in [4.69, 9.17) is 0 Å². The summed E-state index contributed by atoms with van der Waals surface area (Å²) in [4.78, 5) is 15.1. The van der Waals surface area contributed by atoms with Crippen LogP contribution in [0.15, 0.2) is 40.3 Å². The van der Waals surface area contributed by atoms with Crippen LogP contribution in [0.3, 0.4) is 0 Å². The Morgan fingerprint density at radius 2 is 2.09 bits per heavy atom. The van der Waals surface area contributed by atoms with Crippen molar-refractivity contribution in [2.75, 3.05) is 0 Å². The van der Waals surface area contributed by atoms with Gasteiger partial charge in [-0.1, -0.05) is 42.8 Å². The van der Waals surface area contributed by atoms with E-state index in [2.05, 4.69) is 20.5 Å². The highest BCUT2D eigenvalue weighted by Crippen LogP contribution is 2.32. The second-order valence-electron chi connectivity index (χ2n) is 5.84. The fraction of sp³-hybridized carbons (Fsp3) is 0.375. The lowest BCUT2D eigenvalue weighted by Crippen LogP contribution is -2.10. The van der Waals surface area contributed by atoms with Gasteiger partial charge in [-0.15, -0.1) is 5.10 Å². The van der Waals surface area contributed by atoms with Crippen LogP contribution in [-0.2, 0) is 5.75 Å². The third-order valence-corrected chi connectivity index (χ3v) is 5.28. The van der Waals surface area contributed by atoms with E-state index >= 15 is 0 Å². The second kappa shape index (κ2) is 6.16. The minimum atomic E-state index is -0.0471. The van der Waals surface area contributed by atoms with Gasteiger partial charge in [-0.25, -0.2) is 4.68 Å². The van der Waals surface area contributed by atoms with Gasteiger partial charge in [0.05, 0.1) is 6.04 Å². The van der Waals surface area contributed by atoms with E-state index in [1.807, 2.05) is 35.0 Å². The number of aromatic amines is 1. The molecule has 0 saturated heterocycles. The largest absolute Gasteiger partial charge is 0.325 e. The molecule has 6 nitrogen and oxygen atoms in total. The third-order valence-electron chi connectivity index (χ3n) is 4.30. The summed E-state index contributed by atoms with van der Waals surface area (Å²) in [6.45, 7) is 0. The SMILES string of the molecule is O=c1[nH]c(CSc2nnnn2C2CCCC2)cc2ccccc12. The van der Waals surface area contributed by atoms with Gasteiger partial charge in [-0.05, 0) is 40.8 Å². The standard InChI is InChI=1S/C16H17N5OS/c22-15-14-8-4-1-5-11(14)9-12(17-15)10-23-16-18-19-20-21(16)13-6-2-3-7-13/h1,4-5,8-9,13H,2-3,6-7,10H2,(H,17,22). The van der Waals surface area contributed by atoms with Gasteiger partial charge in [0.1, 0.15) is 0 Å². The molecule has 0 amide bonds. The number of hydrogen-bond acceptors (Lipinski definition) is 5. The maximum atomic E-state index is 12.1. The van der Waals surface area contributed by atoms with Crippen molar-refractivity contribution < 1.29 is 0 Å². The summed E-state index contributed by atoms with van der Waals surface area (Å²) >= 11 is 1.57. The molecule has 2 aromatic heterocycles. The van der Waals surface area contributed by atoms with Crippen LogP contribution in [0.5, 0.6) is 0 Å². The lowest BCUT2D eigenvalue weighted by molar-refractivity contribution is 0.423. The molecule has 1 aromatic carbocycles. The molecule has 1 N–H and O–H groups in total. The molecular formula is C16H17N5OS. The van der Waals surface area contributed by atoms with Crippen molar-refractivity contribution in [2.24, 2.45) is 0 Å². The van der Waals surface area contributed by atoms with E-state index in [0.717, 1.165) is 34.5 Å². The van der Waals surface area contributed by atoms with Gasteiger partial charge < -0.3 is 4.98 Å². The van der Waals surface area contributed by atoms with Gasteiger partial charge in [0, 0.05) is 16.8 Å². The average molecular weight is 327 g/mol. The number of aromatic nitrogens is 5. The van der Waals surface area contributed by atoms with Crippen LogP contribution in [0, 0.1) is 0 Å². The van der Waals surface area contributed by atoms with Crippen molar-refractivity contribution in [3.8, 4) is 0 Å². The predicted octanol–water partition coefficient (Wildman–Crippen LogP) is 2.92. The van der Waals surface area contributed by atoms with E-state index in [-0.39, 0.29) is 5.56 Å². The number of nitrogens with zero attached hydrogens (tertiary/aromatic N) is 4. The van der Waals surface area contributed by atoms with Crippen LogP contribution < -0.4 is 5.56 Å². The highest BCUT2D eigenvalue weighted by molar-refractivity contribution is 7.98. The van der Waals surface area contributed by atoms with Crippen LogP contribution >= 0.6 is 11.8 Å². The Morgan fingerprint density at radius 3 is 2.96 bits per heavy atom. The number of rotatable bonds is 4. The van der Waals surface area contributed by atoms with Crippen molar-refractivity contribution >= 4 is 22.5 Å². The molecule has 0 aliphatic heterocycles. The van der Waals surface area contributed by atoms with Crippen LogP contribution in [0.25, 0.3) is 10.8 Å². The molecule has 4 rings (SSSR count). The summed E-state index contributed by atoms with van der Waals surface area (Å²) in [6.07, 6.45) is 4.77. The van der Waals surface area contributed by atoms with Crippen molar-refractivity contribution in [1.29, 1.82) is 0 Å². The molecule has 1 aliphatic rings. The molecule has 2 heterocycles. The van der Waals surface area contributed by atoms with Gasteiger partial charge in [-0.2, -0.15) is 0 Å². The topological polar surface area (TPSA) is 76.5 Å². The van der Waals surface area contributed by atoms with E-state index in [1.54, 1.807) is 11.8 Å². The summed E-state index contributed by atoms with van der Waals surface area (Å²) in [6, 6.07) is 10.1. The average Bonchev–Trinajstić information content (AvgIpc) is 3.24. The number of fused-ring (bicyclic) bond motifs is 1.